The Balaban J connectivity index is 0.00000142. The van der Waals surface area contributed by atoms with E-state index < -0.39 is 18.1 Å². The van der Waals surface area contributed by atoms with E-state index >= 15 is 0 Å². The van der Waals surface area contributed by atoms with E-state index in [0.717, 1.165) is 58.5 Å². The van der Waals surface area contributed by atoms with Crippen LogP contribution in [0.3, 0.4) is 0 Å². The average molecular weight is 679 g/mol. The largest absolute Gasteiger partial charge is 0.573 e. The van der Waals surface area contributed by atoms with Crippen LogP contribution in [0.4, 0.5) is 23.7 Å². The van der Waals surface area contributed by atoms with Gasteiger partial charge in [-0.1, -0.05) is 58.7 Å². The number of allylic oxidation sites excluding steroid dienone is 1. The molecular weight excluding hydrogens is 625 g/mol. The molecule has 0 aromatic heterocycles. The summed E-state index contributed by atoms with van der Waals surface area (Å²) in [5, 5.41) is 0. The summed E-state index contributed by atoms with van der Waals surface area (Å²) in [6.07, 6.45) is 1.76. The van der Waals surface area contributed by atoms with Crippen LogP contribution in [0.1, 0.15) is 99.1 Å². The molecule has 1 fully saturated rings. The number of alkyl halides is 3. The number of anilines is 1. The van der Waals surface area contributed by atoms with Gasteiger partial charge >= 0.3 is 12.5 Å². The van der Waals surface area contributed by atoms with Crippen LogP contribution in [0.25, 0.3) is 11.1 Å². The molecule has 10 heteroatoms. The van der Waals surface area contributed by atoms with E-state index in [4.69, 9.17) is 4.74 Å². The number of carbonyl (C=O) groups is 2. The van der Waals surface area contributed by atoms with Gasteiger partial charge in [-0.25, -0.2) is 9.69 Å². The van der Waals surface area contributed by atoms with Crippen molar-refractivity contribution in [2.24, 2.45) is 11.3 Å². The molecule has 0 atom stereocenters. The highest BCUT2D eigenvalue weighted by atomic mass is 32.2. The summed E-state index contributed by atoms with van der Waals surface area (Å²) in [5.41, 5.74) is 4.84. The zero-order chi connectivity index (χ0) is 35.9. The van der Waals surface area contributed by atoms with Crippen molar-refractivity contribution in [3.63, 3.8) is 0 Å². The maximum atomic E-state index is 13.5. The Bertz CT molecular complexity index is 1400. The van der Waals surface area contributed by atoms with Crippen LogP contribution in [0.15, 0.2) is 47.0 Å². The van der Waals surface area contributed by atoms with E-state index in [2.05, 4.69) is 39.4 Å². The van der Waals surface area contributed by atoms with Crippen molar-refractivity contribution in [1.82, 2.24) is 4.90 Å². The molecule has 2 amide bonds. The van der Waals surface area contributed by atoms with Gasteiger partial charge in [0, 0.05) is 24.1 Å². The Kier molecular flexibility index (Phi) is 13.9. The number of ether oxygens (including phenoxy) is 2. The average Bonchev–Trinajstić information content (AvgIpc) is 2.88. The van der Waals surface area contributed by atoms with E-state index in [-0.39, 0.29) is 24.1 Å². The van der Waals surface area contributed by atoms with Gasteiger partial charge in [0.15, 0.2) is 0 Å². The van der Waals surface area contributed by atoms with Gasteiger partial charge in [0.25, 0.3) is 0 Å². The molecule has 0 spiro atoms. The highest BCUT2D eigenvalue weighted by molar-refractivity contribution is 7.98. The Morgan fingerprint density at radius 2 is 1.57 bits per heavy atom. The Morgan fingerprint density at radius 1 is 1.02 bits per heavy atom. The zero-order valence-electron chi connectivity index (χ0n) is 30.1. The molecule has 0 bridgehead atoms. The number of nitrogens with zero attached hydrogens (tertiary/aromatic N) is 2. The summed E-state index contributed by atoms with van der Waals surface area (Å²) in [6, 6.07) is 7.63. The number of rotatable bonds is 9. The first-order valence-corrected chi connectivity index (χ1v) is 17.3. The number of thioether (sulfide) groups is 1. The molecular formula is C37H53F3N2O4S. The van der Waals surface area contributed by atoms with Gasteiger partial charge in [0.1, 0.15) is 11.4 Å². The topological polar surface area (TPSA) is 59.1 Å². The van der Waals surface area contributed by atoms with Crippen LogP contribution in [0.2, 0.25) is 0 Å². The van der Waals surface area contributed by atoms with Gasteiger partial charge in [-0.3, -0.25) is 4.79 Å². The molecule has 262 valence electrons. The second kappa shape index (κ2) is 16.3. The molecule has 0 N–H and O–H groups in total. The van der Waals surface area contributed by atoms with Crippen molar-refractivity contribution >= 4 is 29.4 Å². The fraction of sp³-hybridized carbons (Fsp3) is 0.568. The summed E-state index contributed by atoms with van der Waals surface area (Å²) in [5.74, 6) is -0.792. The van der Waals surface area contributed by atoms with Gasteiger partial charge in [0.05, 0.1) is 12.2 Å². The molecule has 0 heterocycles. The van der Waals surface area contributed by atoms with Gasteiger partial charge < -0.3 is 14.4 Å². The van der Waals surface area contributed by atoms with Gasteiger partial charge in [-0.2, -0.15) is 0 Å². The van der Waals surface area contributed by atoms with Gasteiger partial charge in [-0.05, 0) is 106 Å². The van der Waals surface area contributed by atoms with Crippen molar-refractivity contribution in [3.8, 4) is 16.9 Å². The molecule has 1 saturated carbocycles. The molecule has 0 aliphatic heterocycles. The van der Waals surface area contributed by atoms with Crippen molar-refractivity contribution in [2.75, 3.05) is 18.2 Å². The van der Waals surface area contributed by atoms with E-state index in [1.807, 2.05) is 44.3 Å². The van der Waals surface area contributed by atoms with E-state index in [1.54, 1.807) is 32.9 Å². The first-order valence-electron chi connectivity index (χ1n) is 16.1. The second-order valence-electron chi connectivity index (χ2n) is 14.6. The van der Waals surface area contributed by atoms with Crippen molar-refractivity contribution in [2.45, 2.75) is 118 Å². The third kappa shape index (κ3) is 12.8. The monoisotopic (exact) mass is 678 g/mol. The number of halogens is 3. The Morgan fingerprint density at radius 3 is 2.00 bits per heavy atom. The predicted molar refractivity (Wildman–Crippen MR) is 187 cm³/mol. The number of amides is 2. The summed E-state index contributed by atoms with van der Waals surface area (Å²) < 4.78 is 48.1. The summed E-state index contributed by atoms with van der Waals surface area (Å²) in [4.78, 5) is 31.0. The Labute approximate surface area is 284 Å². The normalized spacial score (nSPS) is 14.1. The van der Waals surface area contributed by atoms with Crippen molar-refractivity contribution in [3.05, 3.63) is 53.2 Å². The minimum atomic E-state index is -4.79. The van der Waals surface area contributed by atoms with Crippen LogP contribution >= 0.6 is 11.8 Å². The maximum Gasteiger partial charge on any atom is 0.573 e. The highest BCUT2D eigenvalue weighted by Crippen LogP contribution is 2.42. The number of imide groups is 1. The van der Waals surface area contributed by atoms with Crippen LogP contribution in [-0.4, -0.2) is 42.2 Å². The zero-order valence-corrected chi connectivity index (χ0v) is 31.0. The summed E-state index contributed by atoms with van der Waals surface area (Å²) in [6.45, 7) is 20.1. The number of benzene rings is 2. The van der Waals surface area contributed by atoms with Crippen LogP contribution < -0.4 is 9.64 Å². The van der Waals surface area contributed by atoms with Crippen molar-refractivity contribution < 1.29 is 32.2 Å². The van der Waals surface area contributed by atoms with E-state index in [9.17, 15) is 22.8 Å². The molecule has 0 unspecified atom stereocenters. The van der Waals surface area contributed by atoms with Gasteiger partial charge in [0.2, 0.25) is 5.91 Å². The minimum Gasteiger partial charge on any atom is -0.443 e. The molecule has 2 aromatic rings. The first kappa shape index (κ1) is 40.0. The van der Waals surface area contributed by atoms with Crippen LogP contribution in [0, 0.1) is 18.3 Å². The lowest BCUT2D eigenvalue weighted by Gasteiger charge is -2.33. The van der Waals surface area contributed by atoms with Crippen molar-refractivity contribution in [1.29, 1.82) is 0 Å². The molecule has 3 rings (SSSR count). The number of carbonyl (C=O) groups excluding carboxylic acids is 2. The lowest BCUT2D eigenvalue weighted by molar-refractivity contribution is -0.274. The third-order valence-electron chi connectivity index (χ3n) is 7.17. The van der Waals surface area contributed by atoms with Crippen LogP contribution in [0.5, 0.6) is 5.75 Å². The SMILES string of the molecule is CC(C)(C)C.CC/C(C)=C/N(C)c1c(C)c(-c2ccc(OC(F)(F)F)cc2)cc(CN(C(=O)OC(C)(C)C)C(=O)C2CCC2)c1SC. The fourth-order valence-electron chi connectivity index (χ4n) is 4.79. The molecule has 1 aliphatic carbocycles. The smallest absolute Gasteiger partial charge is 0.443 e. The summed E-state index contributed by atoms with van der Waals surface area (Å²) >= 11 is 1.51. The fourth-order valence-corrected chi connectivity index (χ4v) is 5.66. The lowest BCUT2D eigenvalue weighted by Crippen LogP contribution is -2.44. The quantitative estimate of drug-likeness (QED) is 0.246. The maximum absolute atomic E-state index is 13.5. The van der Waals surface area contributed by atoms with E-state index in [1.165, 1.54) is 28.8 Å². The molecule has 0 radical (unpaired) electrons. The van der Waals surface area contributed by atoms with E-state index in [0.29, 0.717) is 11.0 Å². The van der Waals surface area contributed by atoms with Crippen LogP contribution in [-0.2, 0) is 16.1 Å². The lowest BCUT2D eigenvalue weighted by atomic mass is 9.84. The molecule has 2 aromatic carbocycles. The molecule has 47 heavy (non-hydrogen) atoms. The number of hydrogen-bond acceptors (Lipinski definition) is 6. The number of hydrogen-bond donors (Lipinski definition) is 0. The molecule has 1 aliphatic rings. The third-order valence-corrected chi connectivity index (χ3v) is 8.04. The second-order valence-corrected chi connectivity index (χ2v) is 15.5. The molecule has 6 nitrogen and oxygen atoms in total. The van der Waals surface area contributed by atoms with Gasteiger partial charge in [-0.15, -0.1) is 24.9 Å². The first-order chi connectivity index (χ1) is 21.5. The standard InChI is InChI=1S/C32H41F3N2O4S.C5H12/c1-9-20(2)18-36(7)27-21(3)26(22-13-15-25(16-14-22)40-32(33,34)35)17-24(28(27)42-8)19-37(29(38)23-11-10-12-23)30(39)41-31(4,5)6;1-5(2,3)4/h13-18,23H,9-12,19H2,1-8H3;1-4H3/b20-18+;. The highest BCUT2D eigenvalue weighted by Gasteiger charge is 2.36. The Hall–Kier alpha value is -3.14. The minimum absolute atomic E-state index is 0.000280. The predicted octanol–water partition coefficient (Wildman–Crippen LogP) is 11.1. The summed E-state index contributed by atoms with van der Waals surface area (Å²) in [7, 11) is 1.94. The molecule has 0 saturated heterocycles.